The van der Waals surface area contributed by atoms with Gasteiger partial charge in [-0.05, 0) is 41.7 Å². The second-order valence-electron chi connectivity index (χ2n) is 7.97. The van der Waals surface area contributed by atoms with Crippen LogP contribution >= 0.6 is 23.1 Å². The molecule has 0 aliphatic carbocycles. The van der Waals surface area contributed by atoms with Gasteiger partial charge in [-0.1, -0.05) is 73.3 Å². The van der Waals surface area contributed by atoms with Crippen molar-refractivity contribution >= 4 is 43.5 Å². The summed E-state index contributed by atoms with van der Waals surface area (Å²) in [7, 11) is 0. The number of hydrogen-bond acceptors (Lipinski definition) is 5. The highest BCUT2D eigenvalue weighted by Crippen LogP contribution is 2.32. The lowest BCUT2D eigenvalue weighted by Crippen LogP contribution is -2.25. The average molecular weight is 458 g/mol. The molecule has 5 aromatic rings. The highest BCUT2D eigenvalue weighted by atomic mass is 32.2. The third-order valence-corrected chi connectivity index (χ3v) is 7.88. The Morgan fingerprint density at radius 2 is 1.81 bits per heavy atom. The van der Waals surface area contributed by atoms with E-state index in [1.165, 1.54) is 28.0 Å². The SMILES string of the molecule is Cc1ccccc1CSc1nc2c(sc3ncccc32)c(=O)n1CC(C)c1ccccc1. The molecule has 0 N–H and O–H groups in total. The van der Waals surface area contributed by atoms with E-state index in [9.17, 15) is 4.79 Å². The number of nitrogens with zero attached hydrogens (tertiary/aromatic N) is 3. The van der Waals surface area contributed by atoms with Crippen LogP contribution in [0.25, 0.3) is 20.4 Å². The number of thioether (sulfide) groups is 1. The molecule has 0 saturated carbocycles. The van der Waals surface area contributed by atoms with E-state index >= 15 is 0 Å². The van der Waals surface area contributed by atoms with Gasteiger partial charge in [-0.2, -0.15) is 0 Å². The van der Waals surface area contributed by atoms with Gasteiger partial charge in [0.05, 0.1) is 5.52 Å². The van der Waals surface area contributed by atoms with Gasteiger partial charge in [0.15, 0.2) is 5.16 Å². The fraction of sp³-hybridized carbons (Fsp3) is 0.192. The Balaban J connectivity index is 1.61. The lowest BCUT2D eigenvalue weighted by atomic mass is 10.0. The molecule has 32 heavy (non-hydrogen) atoms. The van der Waals surface area contributed by atoms with Crippen LogP contribution < -0.4 is 5.56 Å². The minimum Gasteiger partial charge on any atom is -0.286 e. The lowest BCUT2D eigenvalue weighted by Gasteiger charge is -2.17. The highest BCUT2D eigenvalue weighted by molar-refractivity contribution is 7.98. The van der Waals surface area contributed by atoms with Gasteiger partial charge in [0.25, 0.3) is 5.56 Å². The van der Waals surface area contributed by atoms with Crippen molar-refractivity contribution in [2.24, 2.45) is 0 Å². The Kier molecular flexibility index (Phi) is 5.81. The quantitative estimate of drug-likeness (QED) is 0.218. The predicted molar refractivity (Wildman–Crippen MR) is 135 cm³/mol. The maximum absolute atomic E-state index is 13.7. The zero-order chi connectivity index (χ0) is 22.1. The molecule has 2 aromatic carbocycles. The minimum atomic E-state index is 0.0214. The lowest BCUT2D eigenvalue weighted by molar-refractivity contribution is 0.532. The molecule has 0 spiro atoms. The molecular weight excluding hydrogens is 434 g/mol. The zero-order valence-electron chi connectivity index (χ0n) is 18.0. The van der Waals surface area contributed by atoms with E-state index in [1.54, 1.807) is 18.0 Å². The van der Waals surface area contributed by atoms with Crippen LogP contribution in [0.2, 0.25) is 0 Å². The zero-order valence-corrected chi connectivity index (χ0v) is 19.6. The molecule has 6 heteroatoms. The number of benzene rings is 2. The van der Waals surface area contributed by atoms with Gasteiger partial charge in [-0.15, -0.1) is 11.3 Å². The third-order valence-electron chi connectivity index (χ3n) is 5.76. The summed E-state index contributed by atoms with van der Waals surface area (Å²) in [5, 5.41) is 1.71. The largest absolute Gasteiger partial charge is 0.286 e. The van der Waals surface area contributed by atoms with Crippen molar-refractivity contribution in [2.75, 3.05) is 0 Å². The Hall–Kier alpha value is -2.96. The van der Waals surface area contributed by atoms with E-state index in [0.29, 0.717) is 11.2 Å². The standard InChI is InChI=1S/C26H23N3OS2/c1-17-9-6-7-12-20(17)16-31-26-28-22-21-13-8-14-27-24(21)32-23(22)25(30)29(26)15-18(2)19-10-4-3-5-11-19/h3-14,18H,15-16H2,1-2H3. The number of aryl methyl sites for hydroxylation is 1. The van der Waals surface area contributed by atoms with Crippen molar-refractivity contribution in [3.8, 4) is 0 Å². The molecule has 0 radical (unpaired) electrons. The summed E-state index contributed by atoms with van der Waals surface area (Å²) in [5.74, 6) is 0.962. The smallest absolute Gasteiger partial charge is 0.272 e. The van der Waals surface area contributed by atoms with Crippen molar-refractivity contribution in [2.45, 2.75) is 37.2 Å². The monoisotopic (exact) mass is 457 g/mol. The fourth-order valence-electron chi connectivity index (χ4n) is 3.89. The van der Waals surface area contributed by atoms with Crippen molar-refractivity contribution < 1.29 is 0 Å². The van der Waals surface area contributed by atoms with Gasteiger partial charge in [0.2, 0.25) is 0 Å². The Labute approximate surface area is 195 Å². The molecule has 0 saturated heterocycles. The second kappa shape index (κ2) is 8.88. The summed E-state index contributed by atoms with van der Waals surface area (Å²) in [6, 6.07) is 22.6. The number of hydrogen-bond donors (Lipinski definition) is 0. The average Bonchev–Trinajstić information content (AvgIpc) is 3.20. The minimum absolute atomic E-state index is 0.0214. The van der Waals surface area contributed by atoms with Crippen molar-refractivity contribution in [1.82, 2.24) is 14.5 Å². The molecule has 3 heterocycles. The Morgan fingerprint density at radius 1 is 1.03 bits per heavy atom. The first-order valence-corrected chi connectivity index (χ1v) is 12.4. The number of aromatic nitrogens is 3. The molecule has 0 aliphatic rings. The molecule has 5 rings (SSSR count). The molecular formula is C26H23N3OS2. The van der Waals surface area contributed by atoms with Gasteiger partial charge in [-0.3, -0.25) is 9.36 Å². The van der Waals surface area contributed by atoms with E-state index in [2.05, 4.69) is 55.2 Å². The molecule has 0 aliphatic heterocycles. The van der Waals surface area contributed by atoms with Gasteiger partial charge in [-0.25, -0.2) is 9.97 Å². The van der Waals surface area contributed by atoms with Crippen molar-refractivity contribution in [3.63, 3.8) is 0 Å². The summed E-state index contributed by atoms with van der Waals surface area (Å²) >= 11 is 3.06. The predicted octanol–water partition coefficient (Wildman–Crippen LogP) is 6.41. The van der Waals surface area contributed by atoms with E-state index in [1.807, 2.05) is 34.9 Å². The number of rotatable bonds is 6. The first kappa shape index (κ1) is 20.9. The molecule has 0 amide bonds. The van der Waals surface area contributed by atoms with Crippen molar-refractivity contribution in [3.05, 3.63) is 100.0 Å². The highest BCUT2D eigenvalue weighted by Gasteiger charge is 2.19. The molecule has 0 bridgehead atoms. The Bertz CT molecular complexity index is 1460. The first-order chi connectivity index (χ1) is 15.6. The summed E-state index contributed by atoms with van der Waals surface area (Å²) in [6.45, 7) is 4.87. The Morgan fingerprint density at radius 3 is 2.62 bits per heavy atom. The fourth-order valence-corrected chi connectivity index (χ4v) is 6.00. The summed E-state index contributed by atoms with van der Waals surface area (Å²) < 4.78 is 2.54. The topological polar surface area (TPSA) is 47.8 Å². The molecule has 1 atom stereocenters. The van der Waals surface area contributed by atoms with Crippen LogP contribution in [0.1, 0.15) is 29.5 Å². The maximum atomic E-state index is 13.7. The molecule has 160 valence electrons. The van der Waals surface area contributed by atoms with Crippen LogP contribution in [-0.4, -0.2) is 14.5 Å². The van der Waals surface area contributed by atoms with Gasteiger partial charge in [0.1, 0.15) is 9.53 Å². The van der Waals surface area contributed by atoms with E-state index in [0.717, 1.165) is 26.6 Å². The molecule has 4 nitrogen and oxygen atoms in total. The molecule has 1 unspecified atom stereocenters. The van der Waals surface area contributed by atoms with E-state index in [4.69, 9.17) is 4.98 Å². The second-order valence-corrected chi connectivity index (χ2v) is 9.91. The van der Waals surface area contributed by atoms with Crippen LogP contribution in [0.5, 0.6) is 0 Å². The molecule has 3 aromatic heterocycles. The van der Waals surface area contributed by atoms with Crippen LogP contribution in [0.4, 0.5) is 0 Å². The number of thiophene rings is 1. The first-order valence-electron chi connectivity index (χ1n) is 10.6. The van der Waals surface area contributed by atoms with Gasteiger partial charge in [0, 0.05) is 23.9 Å². The summed E-state index contributed by atoms with van der Waals surface area (Å²) in [4.78, 5) is 24.0. The van der Waals surface area contributed by atoms with E-state index in [-0.39, 0.29) is 11.5 Å². The van der Waals surface area contributed by atoms with Crippen LogP contribution in [0.15, 0.2) is 82.9 Å². The summed E-state index contributed by atoms with van der Waals surface area (Å²) in [5.41, 5.74) is 4.50. The molecule has 0 fully saturated rings. The maximum Gasteiger partial charge on any atom is 0.272 e. The number of pyridine rings is 1. The van der Waals surface area contributed by atoms with Crippen molar-refractivity contribution in [1.29, 1.82) is 0 Å². The van der Waals surface area contributed by atoms with Gasteiger partial charge >= 0.3 is 0 Å². The number of fused-ring (bicyclic) bond motifs is 3. The van der Waals surface area contributed by atoms with Crippen LogP contribution in [0, 0.1) is 6.92 Å². The summed E-state index contributed by atoms with van der Waals surface area (Å²) in [6.07, 6.45) is 1.77. The third kappa shape index (κ3) is 3.96. The van der Waals surface area contributed by atoms with Crippen LogP contribution in [-0.2, 0) is 12.3 Å². The normalized spacial score (nSPS) is 12.4. The van der Waals surface area contributed by atoms with Crippen LogP contribution in [0.3, 0.4) is 0 Å². The van der Waals surface area contributed by atoms with E-state index < -0.39 is 0 Å². The van der Waals surface area contributed by atoms with Gasteiger partial charge < -0.3 is 0 Å².